The summed E-state index contributed by atoms with van der Waals surface area (Å²) in [7, 11) is 0. The Hall–Kier alpha value is -2.83. The van der Waals surface area contributed by atoms with Gasteiger partial charge < -0.3 is 4.98 Å². The lowest BCUT2D eigenvalue weighted by molar-refractivity contribution is -0.384. The first-order chi connectivity index (χ1) is 12.6. The molecule has 0 fully saturated rings. The predicted octanol–water partition coefficient (Wildman–Crippen LogP) is 5.94. The van der Waals surface area contributed by atoms with Crippen LogP contribution in [-0.4, -0.2) is 14.9 Å². The van der Waals surface area contributed by atoms with E-state index in [0.29, 0.717) is 16.4 Å². The molecule has 5 nitrogen and oxygen atoms in total. The topological polar surface area (TPSA) is 71.8 Å². The number of fused-ring (bicyclic) bond motifs is 1. The Morgan fingerprint density at radius 1 is 1.04 bits per heavy atom. The largest absolute Gasteiger partial charge is 0.338 e. The van der Waals surface area contributed by atoms with Crippen molar-refractivity contribution in [3.8, 4) is 11.4 Å². The Labute approximate surface area is 158 Å². The summed E-state index contributed by atoms with van der Waals surface area (Å²) in [6, 6.07) is 19.9. The van der Waals surface area contributed by atoms with Crippen LogP contribution in [0.5, 0.6) is 0 Å². The number of rotatable bonds is 4. The number of aromatic amines is 1. The van der Waals surface area contributed by atoms with Gasteiger partial charge in [0.25, 0.3) is 5.69 Å². The zero-order valence-corrected chi connectivity index (χ0v) is 14.9. The maximum Gasteiger partial charge on any atom is 0.270 e. The number of hydrogen-bond acceptors (Lipinski definition) is 4. The van der Waals surface area contributed by atoms with E-state index in [4.69, 9.17) is 11.6 Å². The van der Waals surface area contributed by atoms with Gasteiger partial charge in [-0.15, -0.1) is 0 Å². The van der Waals surface area contributed by atoms with Crippen molar-refractivity contribution in [1.29, 1.82) is 0 Å². The number of non-ortho nitro benzene ring substituents is 1. The molecule has 1 heterocycles. The molecule has 0 bridgehead atoms. The molecule has 0 aliphatic heterocycles. The van der Waals surface area contributed by atoms with Gasteiger partial charge in [0.2, 0.25) is 0 Å². The van der Waals surface area contributed by atoms with Crippen LogP contribution in [-0.2, 0) is 0 Å². The Morgan fingerprint density at radius 3 is 2.54 bits per heavy atom. The second kappa shape index (κ2) is 6.82. The van der Waals surface area contributed by atoms with E-state index in [-0.39, 0.29) is 5.69 Å². The molecule has 0 aliphatic rings. The monoisotopic (exact) mass is 381 g/mol. The van der Waals surface area contributed by atoms with E-state index in [1.54, 1.807) is 12.1 Å². The summed E-state index contributed by atoms with van der Waals surface area (Å²) >= 11 is 7.45. The van der Waals surface area contributed by atoms with Gasteiger partial charge in [-0.1, -0.05) is 35.5 Å². The maximum atomic E-state index is 11.2. The zero-order valence-electron chi connectivity index (χ0n) is 13.3. The van der Waals surface area contributed by atoms with Crippen LogP contribution in [0.2, 0.25) is 5.02 Å². The van der Waals surface area contributed by atoms with E-state index in [9.17, 15) is 10.1 Å². The summed E-state index contributed by atoms with van der Waals surface area (Å²) in [6.07, 6.45) is 0. The number of nitrogens with one attached hydrogen (secondary N) is 1. The van der Waals surface area contributed by atoms with Gasteiger partial charge in [0.1, 0.15) is 5.82 Å². The highest BCUT2D eigenvalue weighted by molar-refractivity contribution is 7.99. The van der Waals surface area contributed by atoms with Gasteiger partial charge >= 0.3 is 0 Å². The van der Waals surface area contributed by atoms with Gasteiger partial charge in [0, 0.05) is 32.5 Å². The first kappa shape index (κ1) is 16.6. The first-order valence-electron chi connectivity index (χ1n) is 7.77. The second-order valence-corrected chi connectivity index (χ2v) is 7.15. The lowest BCUT2D eigenvalue weighted by Gasteiger charge is -2.07. The smallest absolute Gasteiger partial charge is 0.270 e. The summed E-state index contributed by atoms with van der Waals surface area (Å²) in [5, 5.41) is 11.9. The number of nitrogens with zero attached hydrogens (tertiary/aromatic N) is 2. The number of aromatic nitrogens is 2. The van der Waals surface area contributed by atoms with E-state index < -0.39 is 4.92 Å². The minimum atomic E-state index is -0.400. The number of H-pyrrole nitrogens is 1. The molecule has 3 aromatic carbocycles. The summed E-state index contributed by atoms with van der Waals surface area (Å²) in [4.78, 5) is 20.5. The number of nitro groups is 1. The highest BCUT2D eigenvalue weighted by Crippen LogP contribution is 2.38. The number of halogens is 1. The maximum absolute atomic E-state index is 11.2. The number of nitro benzene ring substituents is 1. The minimum absolute atomic E-state index is 0.0286. The van der Waals surface area contributed by atoms with Crippen LogP contribution in [0.15, 0.2) is 76.5 Å². The third kappa shape index (κ3) is 3.29. The summed E-state index contributed by atoms with van der Waals surface area (Å²) in [5.74, 6) is 0.603. The van der Waals surface area contributed by atoms with Crippen LogP contribution < -0.4 is 0 Å². The molecule has 0 atom stereocenters. The van der Waals surface area contributed by atoms with Crippen LogP contribution in [0.25, 0.3) is 22.4 Å². The van der Waals surface area contributed by atoms with Gasteiger partial charge in [0.15, 0.2) is 0 Å². The number of benzene rings is 3. The molecule has 128 valence electrons. The molecule has 4 aromatic rings. The first-order valence-corrected chi connectivity index (χ1v) is 8.96. The van der Waals surface area contributed by atoms with Gasteiger partial charge in [-0.05, 0) is 42.5 Å². The Kier molecular flexibility index (Phi) is 4.36. The standard InChI is InChI=1S/C19H12ClN3O2S/c20-12-5-8-14(9-6-12)26-18-10-7-13(23(24)25)11-15(18)19-21-16-3-1-2-4-17(16)22-19/h1-11H,(H,21,22). The van der Waals surface area contributed by atoms with Gasteiger partial charge in [-0.25, -0.2) is 4.98 Å². The average molecular weight is 382 g/mol. The molecule has 1 aromatic heterocycles. The Morgan fingerprint density at radius 2 is 1.81 bits per heavy atom. The predicted molar refractivity (Wildman–Crippen MR) is 104 cm³/mol. The van der Waals surface area contributed by atoms with E-state index in [2.05, 4.69) is 9.97 Å². The van der Waals surface area contributed by atoms with Crippen molar-refractivity contribution in [1.82, 2.24) is 9.97 Å². The summed E-state index contributed by atoms with van der Waals surface area (Å²) in [6.45, 7) is 0. The van der Waals surface area contributed by atoms with Crippen LogP contribution in [0, 0.1) is 10.1 Å². The van der Waals surface area contributed by atoms with E-state index in [0.717, 1.165) is 20.8 Å². The fourth-order valence-electron chi connectivity index (χ4n) is 2.62. The zero-order chi connectivity index (χ0) is 18.1. The van der Waals surface area contributed by atoms with Gasteiger partial charge in [-0.3, -0.25) is 10.1 Å². The molecular formula is C19H12ClN3O2S. The van der Waals surface area contributed by atoms with Crippen LogP contribution in [0.3, 0.4) is 0 Å². The molecule has 1 N–H and O–H groups in total. The average Bonchev–Trinajstić information content (AvgIpc) is 3.07. The normalized spacial score (nSPS) is 11.0. The lowest BCUT2D eigenvalue weighted by Crippen LogP contribution is -1.91. The highest BCUT2D eigenvalue weighted by atomic mass is 35.5. The van der Waals surface area contributed by atoms with Crippen molar-refractivity contribution in [3.05, 3.63) is 81.9 Å². The summed E-state index contributed by atoms with van der Waals surface area (Å²) in [5.41, 5.74) is 2.42. The van der Waals surface area contributed by atoms with Crippen LogP contribution >= 0.6 is 23.4 Å². The summed E-state index contributed by atoms with van der Waals surface area (Å²) < 4.78 is 0. The second-order valence-electron chi connectivity index (χ2n) is 5.60. The van der Waals surface area contributed by atoms with Crippen molar-refractivity contribution >= 4 is 40.1 Å². The van der Waals surface area contributed by atoms with E-state index >= 15 is 0 Å². The quantitative estimate of drug-likeness (QED) is 0.350. The van der Waals surface area contributed by atoms with Crippen molar-refractivity contribution in [2.75, 3.05) is 0 Å². The van der Waals surface area contributed by atoms with Crippen molar-refractivity contribution in [3.63, 3.8) is 0 Å². The molecule has 7 heteroatoms. The molecule has 0 saturated heterocycles. The minimum Gasteiger partial charge on any atom is -0.338 e. The molecule has 0 saturated carbocycles. The molecule has 26 heavy (non-hydrogen) atoms. The van der Waals surface area contributed by atoms with Crippen molar-refractivity contribution in [2.45, 2.75) is 9.79 Å². The molecule has 0 spiro atoms. The third-order valence-corrected chi connectivity index (χ3v) is 5.20. The number of imidazole rings is 1. The fraction of sp³-hybridized carbons (Fsp3) is 0. The van der Waals surface area contributed by atoms with E-state index in [1.807, 2.05) is 48.5 Å². The lowest BCUT2D eigenvalue weighted by atomic mass is 10.2. The molecule has 4 rings (SSSR count). The number of para-hydroxylation sites is 2. The number of hydrogen-bond donors (Lipinski definition) is 1. The van der Waals surface area contributed by atoms with Gasteiger partial charge in [0.05, 0.1) is 16.0 Å². The molecular weight excluding hydrogens is 370 g/mol. The Bertz CT molecular complexity index is 1080. The molecule has 0 amide bonds. The third-order valence-electron chi connectivity index (χ3n) is 3.86. The fourth-order valence-corrected chi connectivity index (χ4v) is 3.67. The molecule has 0 unspecified atom stereocenters. The van der Waals surface area contributed by atoms with Crippen LogP contribution in [0.4, 0.5) is 5.69 Å². The molecule has 0 aliphatic carbocycles. The highest BCUT2D eigenvalue weighted by Gasteiger charge is 2.16. The van der Waals surface area contributed by atoms with Crippen molar-refractivity contribution in [2.24, 2.45) is 0 Å². The van der Waals surface area contributed by atoms with Crippen LogP contribution in [0.1, 0.15) is 0 Å². The van der Waals surface area contributed by atoms with Crippen molar-refractivity contribution < 1.29 is 4.92 Å². The van der Waals surface area contributed by atoms with E-state index in [1.165, 1.54) is 17.8 Å². The molecule has 0 radical (unpaired) electrons. The van der Waals surface area contributed by atoms with Gasteiger partial charge in [-0.2, -0.15) is 0 Å². The SMILES string of the molecule is O=[N+]([O-])c1ccc(Sc2ccc(Cl)cc2)c(-c2nc3ccccc3[nH]2)c1. The Balaban J connectivity index is 1.82.